The predicted octanol–water partition coefficient (Wildman–Crippen LogP) is 0.259. The molecule has 1 heterocycles. The molecule has 0 aliphatic heterocycles. The van der Waals surface area contributed by atoms with Crippen LogP contribution in [0.1, 0.15) is 0 Å². The summed E-state index contributed by atoms with van der Waals surface area (Å²) in [5, 5.41) is 0. The van der Waals surface area contributed by atoms with Gasteiger partial charge in [-0.1, -0.05) is 0 Å². The van der Waals surface area contributed by atoms with Gasteiger partial charge in [0.05, 0.1) is 13.1 Å². The van der Waals surface area contributed by atoms with E-state index in [9.17, 15) is 31.9 Å². The standard InChI is InChI=1S/C9H7F4N3O3/c10-5(11)1-3-15-7(17)14-8(18)16(9(15)19)4-2-6(12)13/h1-2H,3-4H2,(H,14,17,18). The minimum atomic E-state index is -2.13. The van der Waals surface area contributed by atoms with Gasteiger partial charge in [0, 0.05) is 12.2 Å². The highest BCUT2D eigenvalue weighted by Crippen LogP contribution is 1.96. The van der Waals surface area contributed by atoms with E-state index in [0.717, 1.165) is 0 Å². The average Bonchev–Trinajstić information content (AvgIpc) is 2.27. The van der Waals surface area contributed by atoms with Crippen LogP contribution in [0.4, 0.5) is 17.6 Å². The average molecular weight is 281 g/mol. The van der Waals surface area contributed by atoms with Gasteiger partial charge in [-0.2, -0.15) is 17.6 Å². The van der Waals surface area contributed by atoms with Crippen molar-refractivity contribution in [3.8, 4) is 0 Å². The fourth-order valence-electron chi connectivity index (χ4n) is 1.19. The maximum atomic E-state index is 11.9. The quantitative estimate of drug-likeness (QED) is 0.804. The van der Waals surface area contributed by atoms with Crippen LogP contribution in [0.3, 0.4) is 0 Å². The van der Waals surface area contributed by atoms with Gasteiger partial charge in [0.1, 0.15) is 0 Å². The van der Waals surface area contributed by atoms with Crippen LogP contribution in [0, 0.1) is 0 Å². The Morgan fingerprint density at radius 2 is 1.26 bits per heavy atom. The first kappa shape index (κ1) is 14.7. The van der Waals surface area contributed by atoms with E-state index in [-0.39, 0.29) is 21.3 Å². The van der Waals surface area contributed by atoms with Gasteiger partial charge in [0.15, 0.2) is 0 Å². The summed E-state index contributed by atoms with van der Waals surface area (Å²) >= 11 is 0. The third-order valence-corrected chi connectivity index (χ3v) is 2.02. The molecule has 0 saturated heterocycles. The van der Waals surface area contributed by atoms with Crippen LogP contribution in [0.2, 0.25) is 0 Å². The molecule has 6 nitrogen and oxygen atoms in total. The first-order valence-electron chi connectivity index (χ1n) is 4.79. The molecule has 0 aliphatic carbocycles. The molecule has 0 bridgehead atoms. The van der Waals surface area contributed by atoms with Crippen LogP contribution in [0.15, 0.2) is 38.7 Å². The molecule has 0 aliphatic rings. The van der Waals surface area contributed by atoms with Gasteiger partial charge in [-0.3, -0.25) is 4.98 Å². The number of rotatable bonds is 4. The molecule has 1 aromatic rings. The fourth-order valence-corrected chi connectivity index (χ4v) is 1.19. The second-order valence-electron chi connectivity index (χ2n) is 3.23. The van der Waals surface area contributed by atoms with Crippen LogP contribution < -0.4 is 17.1 Å². The van der Waals surface area contributed by atoms with Crippen LogP contribution in [-0.4, -0.2) is 14.1 Å². The van der Waals surface area contributed by atoms with E-state index in [1.165, 1.54) is 0 Å². The second kappa shape index (κ2) is 5.98. The van der Waals surface area contributed by atoms with Crippen molar-refractivity contribution in [2.45, 2.75) is 13.1 Å². The van der Waals surface area contributed by atoms with Crippen molar-refractivity contribution in [1.29, 1.82) is 0 Å². The van der Waals surface area contributed by atoms with Gasteiger partial charge in [-0.15, -0.1) is 0 Å². The lowest BCUT2D eigenvalue weighted by Gasteiger charge is -2.04. The maximum Gasteiger partial charge on any atom is 0.336 e. The minimum Gasteiger partial charge on any atom is -0.259 e. The summed E-state index contributed by atoms with van der Waals surface area (Å²) in [5.74, 6) is 0. The van der Waals surface area contributed by atoms with Gasteiger partial charge in [-0.25, -0.2) is 23.5 Å². The Labute approximate surface area is 101 Å². The Morgan fingerprint density at radius 3 is 1.58 bits per heavy atom. The molecular formula is C9H7F4N3O3. The summed E-state index contributed by atoms with van der Waals surface area (Å²) in [6.07, 6.45) is -3.70. The highest BCUT2D eigenvalue weighted by molar-refractivity contribution is 4.87. The summed E-state index contributed by atoms with van der Waals surface area (Å²) in [6.45, 7) is -1.56. The maximum absolute atomic E-state index is 11.9. The smallest absolute Gasteiger partial charge is 0.259 e. The predicted molar refractivity (Wildman–Crippen MR) is 56.2 cm³/mol. The van der Waals surface area contributed by atoms with Crippen molar-refractivity contribution < 1.29 is 17.6 Å². The monoisotopic (exact) mass is 281 g/mol. The molecule has 0 fully saturated rings. The zero-order valence-corrected chi connectivity index (χ0v) is 9.20. The normalized spacial score (nSPS) is 10.1. The van der Waals surface area contributed by atoms with Crippen molar-refractivity contribution in [3.05, 3.63) is 55.8 Å². The summed E-state index contributed by atoms with van der Waals surface area (Å²) in [6, 6.07) is 0. The number of nitrogens with one attached hydrogen (secondary N) is 1. The largest absolute Gasteiger partial charge is 0.336 e. The third-order valence-electron chi connectivity index (χ3n) is 2.02. The van der Waals surface area contributed by atoms with Crippen molar-refractivity contribution in [2.75, 3.05) is 0 Å². The van der Waals surface area contributed by atoms with Crippen LogP contribution in [-0.2, 0) is 13.1 Å². The molecular weight excluding hydrogens is 274 g/mol. The highest BCUT2D eigenvalue weighted by Gasteiger charge is 2.08. The number of hydrogen-bond acceptors (Lipinski definition) is 3. The lowest BCUT2D eigenvalue weighted by atomic mass is 10.5. The Kier molecular flexibility index (Phi) is 4.62. The van der Waals surface area contributed by atoms with E-state index in [4.69, 9.17) is 0 Å². The number of aromatic nitrogens is 3. The fraction of sp³-hybridized carbons (Fsp3) is 0.222. The van der Waals surface area contributed by atoms with E-state index < -0.39 is 42.3 Å². The molecule has 1 rings (SSSR count). The zero-order valence-electron chi connectivity index (χ0n) is 9.20. The molecule has 10 heteroatoms. The van der Waals surface area contributed by atoms with Crippen LogP contribution >= 0.6 is 0 Å². The van der Waals surface area contributed by atoms with Crippen molar-refractivity contribution in [2.24, 2.45) is 0 Å². The molecule has 0 unspecified atom stereocenters. The molecule has 0 saturated carbocycles. The topological polar surface area (TPSA) is 76.9 Å². The van der Waals surface area contributed by atoms with Gasteiger partial charge in [0.25, 0.3) is 12.2 Å². The summed E-state index contributed by atoms with van der Waals surface area (Å²) in [5.41, 5.74) is -3.66. The number of H-pyrrole nitrogens is 1. The number of nitrogens with zero attached hydrogens (tertiary/aromatic N) is 2. The highest BCUT2D eigenvalue weighted by atomic mass is 19.3. The number of allylic oxidation sites excluding steroid dienone is 2. The first-order valence-corrected chi connectivity index (χ1v) is 4.79. The van der Waals surface area contributed by atoms with E-state index >= 15 is 0 Å². The minimum absolute atomic E-state index is 0.275. The van der Waals surface area contributed by atoms with E-state index in [2.05, 4.69) is 0 Å². The SMILES string of the molecule is O=c1[nH]c(=O)n(CC=C(F)F)c(=O)n1CC=C(F)F. The second-order valence-corrected chi connectivity index (χ2v) is 3.23. The molecule has 1 aromatic heterocycles. The van der Waals surface area contributed by atoms with E-state index in [0.29, 0.717) is 0 Å². The summed E-state index contributed by atoms with van der Waals surface area (Å²) in [4.78, 5) is 35.7. The third kappa shape index (κ3) is 3.79. The molecule has 0 aromatic carbocycles. The van der Waals surface area contributed by atoms with E-state index in [1.54, 1.807) is 4.98 Å². The number of halogens is 4. The zero-order chi connectivity index (χ0) is 14.6. The summed E-state index contributed by atoms with van der Waals surface area (Å²) in [7, 11) is 0. The van der Waals surface area contributed by atoms with E-state index in [1.807, 2.05) is 0 Å². The molecule has 0 spiro atoms. The lowest BCUT2D eigenvalue weighted by molar-refractivity contribution is 0.411. The van der Waals surface area contributed by atoms with Crippen LogP contribution in [0.25, 0.3) is 0 Å². The van der Waals surface area contributed by atoms with Gasteiger partial charge < -0.3 is 0 Å². The number of aromatic amines is 1. The van der Waals surface area contributed by atoms with Crippen molar-refractivity contribution in [1.82, 2.24) is 14.1 Å². The lowest BCUT2D eigenvalue weighted by Crippen LogP contribution is -2.49. The number of hydrogen-bond donors (Lipinski definition) is 1. The Bertz CT molecular complexity index is 635. The molecule has 104 valence electrons. The molecule has 0 radical (unpaired) electrons. The molecule has 0 atom stereocenters. The van der Waals surface area contributed by atoms with Crippen molar-refractivity contribution in [3.63, 3.8) is 0 Å². The van der Waals surface area contributed by atoms with Gasteiger partial charge in [0.2, 0.25) is 0 Å². The van der Waals surface area contributed by atoms with Crippen LogP contribution in [0.5, 0.6) is 0 Å². The molecule has 19 heavy (non-hydrogen) atoms. The molecule has 0 amide bonds. The first-order chi connectivity index (χ1) is 8.82. The summed E-state index contributed by atoms with van der Waals surface area (Å²) < 4.78 is 48.1. The van der Waals surface area contributed by atoms with Crippen molar-refractivity contribution >= 4 is 0 Å². The van der Waals surface area contributed by atoms with Gasteiger partial charge >= 0.3 is 17.1 Å². The Balaban J connectivity index is 3.35. The van der Waals surface area contributed by atoms with Gasteiger partial charge in [-0.05, 0) is 0 Å². The Hall–Kier alpha value is -2.39. The Morgan fingerprint density at radius 1 is 0.895 bits per heavy atom. The molecule has 1 N–H and O–H groups in total.